The van der Waals surface area contributed by atoms with Gasteiger partial charge in [0, 0.05) is 0 Å². The lowest BCUT2D eigenvalue weighted by atomic mass is 10.1. The van der Waals surface area contributed by atoms with Gasteiger partial charge in [0.25, 0.3) is 0 Å². The van der Waals surface area contributed by atoms with Crippen LogP contribution in [0.2, 0.25) is 0 Å². The average molecular weight is 139 g/mol. The molecule has 0 bridgehead atoms. The second-order valence-corrected chi connectivity index (χ2v) is 2.88. The van der Waals surface area contributed by atoms with Gasteiger partial charge in [0.05, 0.1) is 0 Å². The van der Waals surface area contributed by atoms with Crippen LogP contribution in [0.15, 0.2) is 23.1 Å². The maximum atomic E-state index is 3.44. The monoisotopic (exact) mass is 139 g/mol. The van der Waals surface area contributed by atoms with Gasteiger partial charge in [0.15, 0.2) is 4.90 Å². The van der Waals surface area contributed by atoms with Crippen molar-refractivity contribution in [2.45, 2.75) is 18.7 Å². The minimum absolute atomic E-state index is 1.15. The van der Waals surface area contributed by atoms with Crippen LogP contribution in [0.3, 0.4) is 0 Å². The Morgan fingerprint density at radius 3 is 2.22 bits per heavy atom. The molecular formula is C8H11S+. The van der Waals surface area contributed by atoms with Gasteiger partial charge in [0.2, 0.25) is 0 Å². The normalized spacial score (nSPS) is 9.67. The molecule has 0 amide bonds. The first-order valence-corrected chi connectivity index (χ1v) is 3.49. The fourth-order valence-electron chi connectivity index (χ4n) is 0.741. The molecule has 0 saturated heterocycles. The SMILES string of the molecule is Cc1ccc([SH2+])cc1C. The van der Waals surface area contributed by atoms with Crippen molar-refractivity contribution in [3.05, 3.63) is 29.3 Å². The van der Waals surface area contributed by atoms with Crippen LogP contribution in [-0.4, -0.2) is 0 Å². The van der Waals surface area contributed by atoms with Crippen LogP contribution >= 0.6 is 0 Å². The van der Waals surface area contributed by atoms with Crippen LogP contribution in [0.1, 0.15) is 11.1 Å². The summed E-state index contributed by atoms with van der Waals surface area (Å²) in [6, 6.07) is 6.28. The van der Waals surface area contributed by atoms with Crippen molar-refractivity contribution in [3.8, 4) is 0 Å². The average Bonchev–Trinajstić information content (AvgIpc) is 1.80. The van der Waals surface area contributed by atoms with Crippen molar-refractivity contribution in [2.24, 2.45) is 0 Å². The highest BCUT2D eigenvalue weighted by atomic mass is 32.1. The molecule has 9 heavy (non-hydrogen) atoms. The number of hydrogen-bond acceptors (Lipinski definition) is 0. The highest BCUT2D eigenvalue weighted by Crippen LogP contribution is 2.08. The van der Waals surface area contributed by atoms with Gasteiger partial charge in [-0.05, 0) is 49.7 Å². The predicted octanol–water partition coefficient (Wildman–Crippen LogP) is 1.67. The molecule has 48 valence electrons. The Morgan fingerprint density at radius 1 is 1.11 bits per heavy atom. The second kappa shape index (κ2) is 2.44. The van der Waals surface area contributed by atoms with E-state index in [1.165, 1.54) is 11.1 Å². The third kappa shape index (κ3) is 1.49. The van der Waals surface area contributed by atoms with Crippen LogP contribution in [0.5, 0.6) is 0 Å². The highest BCUT2D eigenvalue weighted by molar-refractivity contribution is 7.58. The summed E-state index contributed by atoms with van der Waals surface area (Å²) in [7, 11) is 0. The summed E-state index contributed by atoms with van der Waals surface area (Å²) in [6.07, 6.45) is 0. The number of benzene rings is 1. The summed E-state index contributed by atoms with van der Waals surface area (Å²) < 4.78 is 0. The molecule has 0 aromatic heterocycles. The summed E-state index contributed by atoms with van der Waals surface area (Å²) in [5.41, 5.74) is 2.68. The maximum absolute atomic E-state index is 3.44. The van der Waals surface area contributed by atoms with E-state index in [0.717, 1.165) is 4.90 Å². The van der Waals surface area contributed by atoms with E-state index in [-0.39, 0.29) is 0 Å². The van der Waals surface area contributed by atoms with Gasteiger partial charge in [-0.3, -0.25) is 0 Å². The second-order valence-electron chi connectivity index (χ2n) is 2.30. The van der Waals surface area contributed by atoms with Gasteiger partial charge in [0.1, 0.15) is 0 Å². The largest absolute Gasteiger partial charge is 0.150 e. The van der Waals surface area contributed by atoms with E-state index in [1.54, 1.807) is 0 Å². The van der Waals surface area contributed by atoms with E-state index < -0.39 is 0 Å². The quantitative estimate of drug-likeness (QED) is 0.480. The first-order chi connectivity index (χ1) is 4.20. The number of hydrogen-bond donors (Lipinski definition) is 0. The first kappa shape index (κ1) is 6.69. The maximum Gasteiger partial charge on any atom is 0.150 e. The Hall–Kier alpha value is -0.430. The Kier molecular flexibility index (Phi) is 1.81. The van der Waals surface area contributed by atoms with Crippen molar-refractivity contribution in [1.29, 1.82) is 0 Å². The van der Waals surface area contributed by atoms with Gasteiger partial charge in [-0.1, -0.05) is 6.07 Å². The molecule has 1 aromatic rings. The summed E-state index contributed by atoms with van der Waals surface area (Å²) in [5, 5.41) is 0. The van der Waals surface area contributed by atoms with E-state index in [2.05, 4.69) is 44.7 Å². The Bertz CT molecular complexity index is 216. The van der Waals surface area contributed by atoms with E-state index >= 15 is 0 Å². The summed E-state index contributed by atoms with van der Waals surface area (Å²) in [4.78, 5) is 1.15. The molecule has 0 aliphatic heterocycles. The Labute approximate surface area is 61.3 Å². The van der Waals surface area contributed by atoms with Crippen LogP contribution < -0.4 is 0 Å². The minimum atomic E-state index is 1.15. The van der Waals surface area contributed by atoms with Crippen LogP contribution in [0.4, 0.5) is 0 Å². The molecule has 0 radical (unpaired) electrons. The molecule has 1 heteroatoms. The number of rotatable bonds is 0. The van der Waals surface area contributed by atoms with Crippen molar-refractivity contribution in [1.82, 2.24) is 0 Å². The van der Waals surface area contributed by atoms with Gasteiger partial charge in [-0.25, -0.2) is 0 Å². The van der Waals surface area contributed by atoms with E-state index in [4.69, 9.17) is 0 Å². The zero-order chi connectivity index (χ0) is 6.85. The fraction of sp³-hybridized carbons (Fsp3) is 0.250. The lowest BCUT2D eigenvalue weighted by molar-refractivity contribution is 1.28. The molecule has 1 rings (SSSR count). The van der Waals surface area contributed by atoms with Crippen molar-refractivity contribution >= 4 is 12.6 Å². The summed E-state index contributed by atoms with van der Waals surface area (Å²) in [6.45, 7) is 4.22. The topological polar surface area (TPSA) is 0 Å². The molecule has 0 N–H and O–H groups in total. The standard InChI is InChI=1S/C8H10S/c1-6-3-4-8(9)5-7(6)2/h3-5,9H,1-2H3/p+1. The third-order valence-corrected chi connectivity index (χ3v) is 1.82. The van der Waals surface area contributed by atoms with Crippen LogP contribution in [0.25, 0.3) is 0 Å². The molecular weight excluding hydrogens is 128 g/mol. The molecule has 1 aromatic carbocycles. The van der Waals surface area contributed by atoms with Crippen molar-refractivity contribution in [3.63, 3.8) is 0 Å². The van der Waals surface area contributed by atoms with Crippen LogP contribution in [-0.2, 0) is 12.6 Å². The van der Waals surface area contributed by atoms with Gasteiger partial charge in [-0.15, -0.1) is 0 Å². The van der Waals surface area contributed by atoms with E-state index in [0.29, 0.717) is 0 Å². The molecule has 0 aliphatic rings. The molecule has 0 aliphatic carbocycles. The predicted molar refractivity (Wildman–Crippen MR) is 44.3 cm³/mol. The lowest BCUT2D eigenvalue weighted by Crippen LogP contribution is -1.79. The molecule has 0 unspecified atom stereocenters. The lowest BCUT2D eigenvalue weighted by Gasteiger charge is -1.94. The third-order valence-electron chi connectivity index (χ3n) is 1.51. The highest BCUT2D eigenvalue weighted by Gasteiger charge is 1.93. The first-order valence-electron chi connectivity index (χ1n) is 2.99. The van der Waals surface area contributed by atoms with Gasteiger partial charge >= 0.3 is 0 Å². The van der Waals surface area contributed by atoms with E-state index in [9.17, 15) is 0 Å². The molecule has 0 atom stereocenters. The summed E-state index contributed by atoms with van der Waals surface area (Å²) >= 11 is 3.44. The van der Waals surface area contributed by atoms with Gasteiger partial charge in [-0.2, -0.15) is 0 Å². The van der Waals surface area contributed by atoms with E-state index in [1.807, 2.05) is 0 Å². The molecule has 0 saturated carbocycles. The number of aryl methyl sites for hydroxylation is 2. The zero-order valence-corrected chi connectivity index (χ0v) is 6.73. The summed E-state index contributed by atoms with van der Waals surface area (Å²) in [5.74, 6) is 0. The van der Waals surface area contributed by atoms with Gasteiger partial charge < -0.3 is 0 Å². The molecule has 0 nitrogen and oxygen atoms in total. The minimum Gasteiger partial charge on any atom is -0.0541 e. The molecule has 0 heterocycles. The molecule has 0 spiro atoms. The Morgan fingerprint density at radius 2 is 1.78 bits per heavy atom. The Balaban J connectivity index is 3.17. The fourth-order valence-corrected chi connectivity index (χ4v) is 1.04. The smallest absolute Gasteiger partial charge is 0.0541 e. The van der Waals surface area contributed by atoms with Crippen molar-refractivity contribution in [2.75, 3.05) is 0 Å². The zero-order valence-electron chi connectivity index (χ0n) is 5.73. The van der Waals surface area contributed by atoms with Crippen LogP contribution in [0, 0.1) is 13.8 Å². The molecule has 0 fully saturated rings. The van der Waals surface area contributed by atoms with Crippen molar-refractivity contribution < 1.29 is 0 Å².